The average Bonchev–Trinajstić information content (AvgIpc) is 2.21. The lowest BCUT2D eigenvalue weighted by Gasteiger charge is -2.21. The lowest BCUT2D eigenvalue weighted by Crippen LogP contribution is -2.43. The second kappa shape index (κ2) is 2.99. The van der Waals surface area contributed by atoms with Crippen LogP contribution in [0.5, 0.6) is 0 Å². The molecule has 0 aromatic heterocycles. The number of methoxy groups -OCH3 is 1. The van der Waals surface area contributed by atoms with Crippen molar-refractivity contribution in [2.24, 2.45) is 5.92 Å². The minimum Gasteiger partial charge on any atom is -0.469 e. The third-order valence-electron chi connectivity index (χ3n) is 2.38. The number of hydrogen-bond donors (Lipinski definition) is 2. The van der Waals surface area contributed by atoms with Gasteiger partial charge in [-0.15, -0.1) is 0 Å². The van der Waals surface area contributed by atoms with Crippen LogP contribution in [0.2, 0.25) is 0 Å². The Hall–Kier alpha value is -1.10. The van der Waals surface area contributed by atoms with Crippen LogP contribution in [0.4, 0.5) is 0 Å². The van der Waals surface area contributed by atoms with E-state index in [0.29, 0.717) is 0 Å². The molecule has 5 nitrogen and oxygen atoms in total. The van der Waals surface area contributed by atoms with E-state index in [-0.39, 0.29) is 0 Å². The molecule has 0 spiro atoms. The van der Waals surface area contributed by atoms with Gasteiger partial charge in [0.05, 0.1) is 7.11 Å². The molecule has 74 valence electrons. The van der Waals surface area contributed by atoms with Gasteiger partial charge >= 0.3 is 5.97 Å². The van der Waals surface area contributed by atoms with E-state index >= 15 is 0 Å². The maximum atomic E-state index is 11.2. The molecule has 0 saturated carbocycles. The summed E-state index contributed by atoms with van der Waals surface area (Å²) in [5, 5.41) is 12.2. The number of carbonyl (C=O) groups is 2. The Morgan fingerprint density at radius 1 is 1.69 bits per heavy atom. The standard InChI is InChI=1S/C8H13NO4/c1-4-5(6(10)13-3)8(2,12)7(11)9-4/h4-5,12H,1-3H3,(H,9,11). The van der Waals surface area contributed by atoms with E-state index in [4.69, 9.17) is 0 Å². The summed E-state index contributed by atoms with van der Waals surface area (Å²) in [5.41, 5.74) is -1.66. The molecule has 1 amide bonds. The summed E-state index contributed by atoms with van der Waals surface area (Å²) in [6.45, 7) is 2.97. The van der Waals surface area contributed by atoms with Gasteiger partial charge in [-0.3, -0.25) is 9.59 Å². The number of carbonyl (C=O) groups excluding carboxylic acids is 2. The molecule has 0 aromatic rings. The van der Waals surface area contributed by atoms with Crippen molar-refractivity contribution < 1.29 is 19.4 Å². The van der Waals surface area contributed by atoms with Gasteiger partial charge in [0, 0.05) is 6.04 Å². The summed E-state index contributed by atoms with van der Waals surface area (Å²) >= 11 is 0. The Morgan fingerprint density at radius 2 is 2.23 bits per heavy atom. The van der Waals surface area contributed by atoms with Gasteiger partial charge in [0.2, 0.25) is 0 Å². The largest absolute Gasteiger partial charge is 0.469 e. The van der Waals surface area contributed by atoms with Crippen molar-refractivity contribution in [1.29, 1.82) is 0 Å². The summed E-state index contributed by atoms with van der Waals surface area (Å²) in [4.78, 5) is 22.4. The first-order valence-corrected chi connectivity index (χ1v) is 4.02. The van der Waals surface area contributed by atoms with Crippen molar-refractivity contribution >= 4 is 11.9 Å². The molecule has 0 bridgehead atoms. The van der Waals surface area contributed by atoms with Gasteiger partial charge in [-0.2, -0.15) is 0 Å². The van der Waals surface area contributed by atoms with E-state index in [1.54, 1.807) is 6.92 Å². The van der Waals surface area contributed by atoms with Crippen molar-refractivity contribution in [1.82, 2.24) is 5.32 Å². The Morgan fingerprint density at radius 3 is 2.54 bits per heavy atom. The zero-order chi connectivity index (χ0) is 10.2. The average molecular weight is 187 g/mol. The fourth-order valence-corrected chi connectivity index (χ4v) is 1.62. The number of ether oxygens (including phenoxy) is 1. The van der Waals surface area contributed by atoms with Gasteiger partial charge in [-0.1, -0.05) is 0 Å². The molecule has 1 aliphatic heterocycles. The highest BCUT2D eigenvalue weighted by Crippen LogP contribution is 2.28. The first-order chi connectivity index (χ1) is 5.91. The fourth-order valence-electron chi connectivity index (χ4n) is 1.62. The first kappa shape index (κ1) is 9.98. The third-order valence-corrected chi connectivity index (χ3v) is 2.38. The first-order valence-electron chi connectivity index (χ1n) is 4.02. The molecule has 1 saturated heterocycles. The van der Waals surface area contributed by atoms with E-state index in [9.17, 15) is 14.7 Å². The zero-order valence-corrected chi connectivity index (χ0v) is 7.83. The number of hydrogen-bond acceptors (Lipinski definition) is 4. The lowest BCUT2D eigenvalue weighted by molar-refractivity contribution is -0.157. The van der Waals surface area contributed by atoms with Crippen LogP contribution in [0.1, 0.15) is 13.8 Å². The van der Waals surface area contributed by atoms with Crippen LogP contribution < -0.4 is 5.32 Å². The topological polar surface area (TPSA) is 75.6 Å². The van der Waals surface area contributed by atoms with Crippen LogP contribution in [0.3, 0.4) is 0 Å². The molecular weight excluding hydrogens is 174 g/mol. The second-order valence-electron chi connectivity index (χ2n) is 3.41. The minimum absolute atomic E-state index is 0.394. The van der Waals surface area contributed by atoms with E-state index in [1.165, 1.54) is 14.0 Å². The molecule has 1 aliphatic rings. The van der Waals surface area contributed by atoms with E-state index in [2.05, 4.69) is 10.1 Å². The third kappa shape index (κ3) is 1.39. The molecule has 5 heteroatoms. The molecular formula is C8H13NO4. The quantitative estimate of drug-likeness (QED) is 0.519. The lowest BCUT2D eigenvalue weighted by atomic mass is 9.88. The molecule has 0 radical (unpaired) electrons. The molecule has 1 heterocycles. The van der Waals surface area contributed by atoms with Crippen LogP contribution in [-0.4, -0.2) is 35.7 Å². The Labute approximate surface area is 76.1 Å². The maximum Gasteiger partial charge on any atom is 0.314 e. The Bertz CT molecular complexity index is 249. The molecule has 2 N–H and O–H groups in total. The number of nitrogens with one attached hydrogen (secondary N) is 1. The SMILES string of the molecule is COC(=O)C1C(C)NC(=O)C1(C)O. The number of rotatable bonds is 1. The van der Waals surface area contributed by atoms with Gasteiger partial charge < -0.3 is 15.2 Å². The summed E-state index contributed by atoms with van der Waals surface area (Å²) in [7, 11) is 1.23. The van der Waals surface area contributed by atoms with Gasteiger partial charge in [0.1, 0.15) is 5.92 Å². The van der Waals surface area contributed by atoms with Crippen LogP contribution in [0.25, 0.3) is 0 Å². The van der Waals surface area contributed by atoms with E-state index in [1.807, 2.05) is 0 Å². The zero-order valence-electron chi connectivity index (χ0n) is 7.83. The number of esters is 1. The summed E-state index contributed by atoms with van der Waals surface area (Å²) in [6.07, 6.45) is 0. The molecule has 0 aliphatic carbocycles. The molecule has 3 unspecified atom stereocenters. The monoisotopic (exact) mass is 187 g/mol. The minimum atomic E-state index is -1.66. The molecule has 1 rings (SSSR count). The highest BCUT2D eigenvalue weighted by molar-refractivity contribution is 5.94. The highest BCUT2D eigenvalue weighted by Gasteiger charge is 2.53. The van der Waals surface area contributed by atoms with Gasteiger partial charge in [-0.25, -0.2) is 0 Å². The molecule has 1 fully saturated rings. The molecule has 3 atom stereocenters. The number of amides is 1. The van der Waals surface area contributed by atoms with Gasteiger partial charge in [0.15, 0.2) is 5.60 Å². The normalized spacial score (nSPS) is 38.6. The predicted octanol–water partition coefficient (Wildman–Crippen LogP) is -0.955. The second-order valence-corrected chi connectivity index (χ2v) is 3.41. The maximum absolute atomic E-state index is 11.2. The summed E-state index contributed by atoms with van der Waals surface area (Å²) in [5.74, 6) is -1.93. The van der Waals surface area contributed by atoms with E-state index < -0.39 is 29.4 Å². The van der Waals surface area contributed by atoms with Crippen molar-refractivity contribution in [3.8, 4) is 0 Å². The van der Waals surface area contributed by atoms with Crippen molar-refractivity contribution in [3.05, 3.63) is 0 Å². The van der Waals surface area contributed by atoms with Gasteiger partial charge in [0.25, 0.3) is 5.91 Å². The summed E-state index contributed by atoms with van der Waals surface area (Å²) in [6, 6.07) is -0.394. The Kier molecular flexibility index (Phi) is 2.30. The van der Waals surface area contributed by atoms with Crippen molar-refractivity contribution in [2.45, 2.75) is 25.5 Å². The van der Waals surface area contributed by atoms with Gasteiger partial charge in [-0.05, 0) is 13.8 Å². The Balaban J connectivity index is 2.95. The van der Waals surface area contributed by atoms with Crippen molar-refractivity contribution in [3.63, 3.8) is 0 Å². The van der Waals surface area contributed by atoms with Crippen LogP contribution >= 0.6 is 0 Å². The van der Waals surface area contributed by atoms with Crippen LogP contribution in [0, 0.1) is 5.92 Å². The van der Waals surface area contributed by atoms with Crippen LogP contribution in [-0.2, 0) is 14.3 Å². The summed E-state index contributed by atoms with van der Waals surface area (Å²) < 4.78 is 4.50. The highest BCUT2D eigenvalue weighted by atomic mass is 16.5. The smallest absolute Gasteiger partial charge is 0.314 e. The number of aliphatic hydroxyl groups is 1. The van der Waals surface area contributed by atoms with Crippen molar-refractivity contribution in [2.75, 3.05) is 7.11 Å². The van der Waals surface area contributed by atoms with Crippen LogP contribution in [0.15, 0.2) is 0 Å². The predicted molar refractivity (Wildman–Crippen MR) is 43.7 cm³/mol. The van der Waals surface area contributed by atoms with E-state index in [0.717, 1.165) is 0 Å². The molecule has 0 aromatic carbocycles. The molecule has 13 heavy (non-hydrogen) atoms. The fraction of sp³-hybridized carbons (Fsp3) is 0.750.